The molecule has 0 aliphatic heterocycles. The second-order valence-electron chi connectivity index (χ2n) is 8.43. The molecule has 2 aromatic rings. The topological polar surface area (TPSA) is 130 Å². The Hall–Kier alpha value is -2.53. The number of benzene rings is 1. The monoisotopic (exact) mass is 439 g/mol. The third-order valence-corrected chi connectivity index (χ3v) is 6.01. The minimum Gasteiger partial charge on any atom is -0.347 e. The fourth-order valence-electron chi connectivity index (χ4n) is 2.02. The van der Waals surface area contributed by atoms with Gasteiger partial charge in [-0.05, 0) is 32.9 Å². The van der Waals surface area contributed by atoms with E-state index in [2.05, 4.69) is 25.6 Å². The first-order chi connectivity index (χ1) is 13.2. The van der Waals surface area contributed by atoms with Gasteiger partial charge in [-0.25, -0.2) is 0 Å². The molecular weight excluding hydrogens is 414 g/mol. The molecule has 3 N–H and O–H groups in total. The van der Waals surface area contributed by atoms with Crippen LogP contribution in [0.1, 0.15) is 51.9 Å². The smallest absolute Gasteiger partial charge is 0.291 e. The van der Waals surface area contributed by atoms with Crippen molar-refractivity contribution in [1.82, 2.24) is 15.5 Å². The molecule has 0 fully saturated rings. The van der Waals surface area contributed by atoms with Gasteiger partial charge in [-0.2, -0.15) is 8.42 Å². The van der Waals surface area contributed by atoms with Crippen LogP contribution in [0.3, 0.4) is 0 Å². The van der Waals surface area contributed by atoms with Crippen molar-refractivity contribution >= 4 is 44.0 Å². The highest BCUT2D eigenvalue weighted by Gasteiger charge is 2.26. The minimum absolute atomic E-state index is 0.0732. The number of hydrogen-bond acceptors (Lipinski definition) is 7. The van der Waals surface area contributed by atoms with Crippen molar-refractivity contribution in [1.29, 1.82) is 0 Å². The van der Waals surface area contributed by atoms with Crippen molar-refractivity contribution in [2.24, 2.45) is 5.41 Å². The number of sulfonamides is 1. The molecule has 0 bridgehead atoms. The Kier molecular flexibility index (Phi) is 6.33. The second kappa shape index (κ2) is 8.07. The standard InChI is InChI=1S/C18H25N5O4S2/c1-17(2,3)14(25)19-15-21-22-16(28-15)29(26,27)23-12-10-8-7-9-11(12)13(24)20-18(4,5)6/h7-10,23H,1-6H3,(H,20,24)(H,19,21,25). The molecule has 29 heavy (non-hydrogen) atoms. The molecule has 158 valence electrons. The normalized spacial score (nSPS) is 12.3. The zero-order valence-electron chi connectivity index (χ0n) is 17.2. The van der Waals surface area contributed by atoms with E-state index in [-0.39, 0.29) is 26.6 Å². The molecule has 0 spiro atoms. The number of amides is 2. The van der Waals surface area contributed by atoms with Gasteiger partial charge >= 0.3 is 0 Å². The molecular formula is C18H25N5O4S2. The molecule has 0 atom stereocenters. The number of aromatic nitrogens is 2. The number of rotatable bonds is 5. The first-order valence-corrected chi connectivity index (χ1v) is 11.1. The molecule has 2 amide bonds. The summed E-state index contributed by atoms with van der Waals surface area (Å²) in [5.74, 6) is -0.721. The number of nitrogens with one attached hydrogen (secondary N) is 3. The quantitative estimate of drug-likeness (QED) is 0.614. The van der Waals surface area contributed by atoms with Gasteiger partial charge in [0.25, 0.3) is 20.3 Å². The van der Waals surface area contributed by atoms with Crippen LogP contribution in [0.15, 0.2) is 28.6 Å². The maximum Gasteiger partial charge on any atom is 0.291 e. The molecule has 11 heteroatoms. The molecule has 1 heterocycles. The largest absolute Gasteiger partial charge is 0.347 e. The number of anilines is 2. The first kappa shape index (κ1) is 22.8. The Morgan fingerprint density at radius 2 is 1.62 bits per heavy atom. The zero-order chi connectivity index (χ0) is 22.0. The summed E-state index contributed by atoms with van der Waals surface area (Å²) < 4.78 is 27.5. The van der Waals surface area contributed by atoms with E-state index in [1.54, 1.807) is 32.9 Å². The molecule has 1 aromatic heterocycles. The maximum absolute atomic E-state index is 12.7. The summed E-state index contributed by atoms with van der Waals surface area (Å²) in [6.45, 7) is 10.7. The molecule has 0 unspecified atom stereocenters. The van der Waals surface area contributed by atoms with Crippen LogP contribution in [0.5, 0.6) is 0 Å². The predicted octanol–water partition coefficient (Wildman–Crippen LogP) is 2.85. The summed E-state index contributed by atoms with van der Waals surface area (Å²) in [5, 5.41) is 12.8. The fraction of sp³-hybridized carbons (Fsp3) is 0.444. The van der Waals surface area contributed by atoms with Crippen molar-refractivity contribution < 1.29 is 18.0 Å². The minimum atomic E-state index is -4.10. The molecule has 0 aliphatic rings. The number of para-hydroxylation sites is 1. The molecule has 2 rings (SSSR count). The van der Waals surface area contributed by atoms with Gasteiger partial charge in [0.2, 0.25) is 11.0 Å². The lowest BCUT2D eigenvalue weighted by molar-refractivity contribution is -0.123. The van der Waals surface area contributed by atoms with E-state index in [9.17, 15) is 18.0 Å². The van der Waals surface area contributed by atoms with E-state index < -0.39 is 26.9 Å². The van der Waals surface area contributed by atoms with E-state index in [4.69, 9.17) is 0 Å². The summed E-state index contributed by atoms with van der Waals surface area (Å²) in [7, 11) is -4.10. The molecule has 0 saturated carbocycles. The second-order valence-corrected chi connectivity index (χ2v) is 11.3. The maximum atomic E-state index is 12.7. The molecule has 1 aromatic carbocycles. The summed E-state index contributed by atoms with van der Waals surface area (Å²) in [5.41, 5.74) is -0.855. The lowest BCUT2D eigenvalue weighted by Crippen LogP contribution is -2.40. The van der Waals surface area contributed by atoms with E-state index in [1.807, 2.05) is 20.8 Å². The average Bonchev–Trinajstić information content (AvgIpc) is 3.02. The van der Waals surface area contributed by atoms with Gasteiger partial charge in [0, 0.05) is 11.0 Å². The van der Waals surface area contributed by atoms with Gasteiger partial charge in [-0.15, -0.1) is 10.2 Å². The van der Waals surface area contributed by atoms with Crippen molar-refractivity contribution in [3.63, 3.8) is 0 Å². The Morgan fingerprint density at radius 1 is 1.00 bits per heavy atom. The summed E-state index contributed by atoms with van der Waals surface area (Å²) in [4.78, 5) is 24.5. The average molecular weight is 440 g/mol. The Morgan fingerprint density at radius 3 is 2.21 bits per heavy atom. The van der Waals surface area contributed by atoms with Crippen LogP contribution >= 0.6 is 11.3 Å². The third kappa shape index (κ3) is 6.23. The number of nitrogens with zero attached hydrogens (tertiary/aromatic N) is 2. The van der Waals surface area contributed by atoms with Crippen LogP contribution in [0, 0.1) is 5.41 Å². The molecule has 0 radical (unpaired) electrons. The zero-order valence-corrected chi connectivity index (χ0v) is 18.8. The first-order valence-electron chi connectivity index (χ1n) is 8.78. The highest BCUT2D eigenvalue weighted by atomic mass is 32.2. The molecule has 0 saturated heterocycles. The molecule has 9 nitrogen and oxygen atoms in total. The van der Waals surface area contributed by atoms with Gasteiger partial charge in [-0.1, -0.05) is 44.2 Å². The highest BCUT2D eigenvalue weighted by molar-refractivity contribution is 7.94. The Labute approximate surface area is 174 Å². The van der Waals surface area contributed by atoms with Crippen LogP contribution in [0.4, 0.5) is 10.8 Å². The van der Waals surface area contributed by atoms with Gasteiger partial charge < -0.3 is 10.6 Å². The summed E-state index contributed by atoms with van der Waals surface area (Å²) in [6.07, 6.45) is 0. The van der Waals surface area contributed by atoms with Crippen LogP contribution < -0.4 is 15.4 Å². The Bertz CT molecular complexity index is 1020. The van der Waals surface area contributed by atoms with Crippen LogP contribution in [0.2, 0.25) is 0 Å². The van der Waals surface area contributed by atoms with Gasteiger partial charge in [0.05, 0.1) is 11.3 Å². The number of hydrogen-bond donors (Lipinski definition) is 3. The third-order valence-electron chi connectivity index (χ3n) is 3.44. The Balaban J connectivity index is 2.25. The van der Waals surface area contributed by atoms with E-state index in [0.29, 0.717) is 0 Å². The molecule has 0 aliphatic carbocycles. The van der Waals surface area contributed by atoms with Gasteiger partial charge in [-0.3, -0.25) is 14.3 Å². The lowest BCUT2D eigenvalue weighted by atomic mass is 9.96. The fourth-order valence-corrected chi connectivity index (χ4v) is 4.00. The van der Waals surface area contributed by atoms with E-state index in [0.717, 1.165) is 11.3 Å². The van der Waals surface area contributed by atoms with Crippen LogP contribution in [-0.4, -0.2) is 36.0 Å². The predicted molar refractivity (Wildman–Crippen MR) is 112 cm³/mol. The number of carbonyl (C=O) groups excluding carboxylic acids is 2. The van der Waals surface area contributed by atoms with E-state index >= 15 is 0 Å². The highest BCUT2D eigenvalue weighted by Crippen LogP contribution is 2.26. The van der Waals surface area contributed by atoms with Crippen molar-refractivity contribution in [3.8, 4) is 0 Å². The van der Waals surface area contributed by atoms with Gasteiger partial charge in [0.1, 0.15) is 0 Å². The summed E-state index contributed by atoms with van der Waals surface area (Å²) >= 11 is 0.723. The van der Waals surface area contributed by atoms with Gasteiger partial charge in [0.15, 0.2) is 0 Å². The van der Waals surface area contributed by atoms with Crippen molar-refractivity contribution in [2.45, 2.75) is 51.4 Å². The van der Waals surface area contributed by atoms with E-state index in [1.165, 1.54) is 12.1 Å². The van der Waals surface area contributed by atoms with Crippen LogP contribution in [0.25, 0.3) is 0 Å². The summed E-state index contributed by atoms with van der Waals surface area (Å²) in [6, 6.07) is 6.26. The SMILES string of the molecule is CC(C)(C)NC(=O)c1ccccc1NS(=O)(=O)c1nnc(NC(=O)C(C)(C)C)s1. The lowest BCUT2D eigenvalue weighted by Gasteiger charge is -2.21. The van der Waals surface area contributed by atoms with Crippen LogP contribution in [-0.2, 0) is 14.8 Å². The van der Waals surface area contributed by atoms with Crippen molar-refractivity contribution in [2.75, 3.05) is 10.0 Å². The van der Waals surface area contributed by atoms with Crippen molar-refractivity contribution in [3.05, 3.63) is 29.8 Å². The number of carbonyl (C=O) groups is 2.